The predicted molar refractivity (Wildman–Crippen MR) is 105 cm³/mol. The van der Waals surface area contributed by atoms with Crippen molar-refractivity contribution >= 4 is 27.3 Å². The van der Waals surface area contributed by atoms with E-state index in [1.54, 1.807) is 18.2 Å². The van der Waals surface area contributed by atoms with E-state index in [9.17, 15) is 27.9 Å². The van der Waals surface area contributed by atoms with Gasteiger partial charge in [-0.05, 0) is 25.0 Å². The normalized spacial score (nSPS) is 17.1. The average Bonchev–Trinajstić information content (AvgIpc) is 2.70. The van der Waals surface area contributed by atoms with Crippen LogP contribution in [0.3, 0.4) is 0 Å². The van der Waals surface area contributed by atoms with E-state index in [2.05, 4.69) is 0 Å². The molecule has 7 nitrogen and oxygen atoms in total. The minimum atomic E-state index is -3.16. The number of piperidine rings is 1. The molecule has 2 aromatic rings. The molecule has 29 heavy (non-hydrogen) atoms. The minimum Gasteiger partial charge on any atom is -0.507 e. The molecule has 2 aliphatic rings. The molecule has 0 spiro atoms. The number of phenolic OH excluding ortho intramolecular Hbond substituents is 1. The van der Waals surface area contributed by atoms with Crippen molar-refractivity contribution in [2.24, 2.45) is 0 Å². The molecule has 0 atom stereocenters. The maximum absolute atomic E-state index is 12.9. The lowest BCUT2D eigenvalue weighted by atomic mass is 9.82. The molecule has 1 N–H and O–H groups in total. The maximum Gasteiger partial charge on any atom is 0.254 e. The third-order valence-electron chi connectivity index (χ3n) is 5.59. The Hall–Kier alpha value is -3.00. The molecule has 0 unspecified atom stereocenters. The van der Waals surface area contributed by atoms with Gasteiger partial charge in [0.05, 0.1) is 10.8 Å². The highest BCUT2D eigenvalue weighted by Gasteiger charge is 2.34. The molecular weight excluding hydrogens is 394 g/mol. The van der Waals surface area contributed by atoms with E-state index in [0.717, 1.165) is 0 Å². The monoisotopic (exact) mass is 413 g/mol. The van der Waals surface area contributed by atoms with E-state index in [-0.39, 0.29) is 40.9 Å². The summed E-state index contributed by atoms with van der Waals surface area (Å²) in [6, 6.07) is 8.90. The van der Waals surface area contributed by atoms with E-state index in [4.69, 9.17) is 0 Å². The summed E-state index contributed by atoms with van der Waals surface area (Å²) in [6.45, 7) is 0.536. The van der Waals surface area contributed by atoms with Crippen LogP contribution in [-0.4, -0.2) is 60.5 Å². The van der Waals surface area contributed by atoms with Crippen LogP contribution in [0.2, 0.25) is 0 Å². The summed E-state index contributed by atoms with van der Waals surface area (Å²) >= 11 is 0. The van der Waals surface area contributed by atoms with Gasteiger partial charge in [-0.25, -0.2) is 8.42 Å². The van der Waals surface area contributed by atoms with E-state index in [1.807, 2.05) is 0 Å². The molecule has 2 aromatic carbocycles. The van der Waals surface area contributed by atoms with Crippen molar-refractivity contribution < 1.29 is 27.9 Å². The number of hydrogen-bond donors (Lipinski definition) is 1. The van der Waals surface area contributed by atoms with Crippen molar-refractivity contribution in [2.75, 3.05) is 19.3 Å². The van der Waals surface area contributed by atoms with Crippen molar-refractivity contribution in [1.29, 1.82) is 0 Å². The van der Waals surface area contributed by atoms with Crippen molar-refractivity contribution in [2.45, 2.75) is 18.1 Å². The smallest absolute Gasteiger partial charge is 0.254 e. The fourth-order valence-electron chi connectivity index (χ4n) is 4.00. The molecule has 4 rings (SSSR count). The Labute approximate surface area is 167 Å². The second kappa shape index (κ2) is 6.81. The topological polar surface area (TPSA) is 109 Å². The molecular formula is C21H19NO6S. The fraction of sp³-hybridized carbons (Fsp3) is 0.286. The first kappa shape index (κ1) is 19.3. The van der Waals surface area contributed by atoms with Crippen molar-refractivity contribution in [3.63, 3.8) is 0 Å². The van der Waals surface area contributed by atoms with Crippen LogP contribution in [0.15, 0.2) is 36.4 Å². The first-order valence-electron chi connectivity index (χ1n) is 9.22. The van der Waals surface area contributed by atoms with E-state index >= 15 is 0 Å². The van der Waals surface area contributed by atoms with Crippen LogP contribution >= 0.6 is 0 Å². The van der Waals surface area contributed by atoms with Crippen LogP contribution in [0.5, 0.6) is 5.75 Å². The average molecular weight is 413 g/mol. The van der Waals surface area contributed by atoms with Gasteiger partial charge in [0.2, 0.25) is 0 Å². The number of fused-ring (bicyclic) bond motifs is 2. The van der Waals surface area contributed by atoms with Crippen molar-refractivity contribution in [3.05, 3.63) is 64.2 Å². The maximum atomic E-state index is 12.9. The number of likely N-dealkylation sites (tertiary alicyclic amines) is 1. The zero-order chi connectivity index (χ0) is 20.9. The van der Waals surface area contributed by atoms with Gasteiger partial charge in [0, 0.05) is 41.6 Å². The number of nitrogens with zero attached hydrogens (tertiary/aromatic N) is 1. The number of carbonyl (C=O) groups excluding carboxylic acids is 3. The number of aromatic hydroxyl groups is 1. The first-order valence-corrected chi connectivity index (χ1v) is 11.2. The van der Waals surface area contributed by atoms with Gasteiger partial charge in [-0.2, -0.15) is 0 Å². The van der Waals surface area contributed by atoms with Crippen LogP contribution < -0.4 is 0 Å². The summed E-state index contributed by atoms with van der Waals surface area (Å²) in [4.78, 5) is 40.0. The third kappa shape index (κ3) is 3.23. The predicted octanol–water partition coefficient (Wildman–Crippen LogP) is 1.82. The molecule has 1 heterocycles. The van der Waals surface area contributed by atoms with Gasteiger partial charge in [-0.15, -0.1) is 0 Å². The molecule has 1 aliphatic heterocycles. The summed E-state index contributed by atoms with van der Waals surface area (Å²) in [5.41, 5.74) is 0.467. The number of ketones is 2. The quantitative estimate of drug-likeness (QED) is 0.686. The summed E-state index contributed by atoms with van der Waals surface area (Å²) in [6.07, 6.45) is 1.87. The Bertz CT molecular complexity index is 1160. The lowest BCUT2D eigenvalue weighted by Crippen LogP contribution is -2.42. The highest BCUT2D eigenvalue weighted by Crippen LogP contribution is 2.34. The van der Waals surface area contributed by atoms with Crippen LogP contribution in [0.25, 0.3) is 0 Å². The largest absolute Gasteiger partial charge is 0.507 e. The molecule has 1 saturated heterocycles. The van der Waals surface area contributed by atoms with Gasteiger partial charge in [0.1, 0.15) is 15.6 Å². The molecule has 0 bridgehead atoms. The number of phenols is 1. The second-order valence-corrected chi connectivity index (χ2v) is 9.77. The van der Waals surface area contributed by atoms with Gasteiger partial charge in [-0.1, -0.05) is 24.3 Å². The number of rotatable bonds is 2. The minimum absolute atomic E-state index is 0.00284. The second-order valence-electron chi connectivity index (χ2n) is 7.44. The molecule has 0 saturated carbocycles. The molecule has 1 fully saturated rings. The third-order valence-corrected chi connectivity index (χ3v) is 7.27. The van der Waals surface area contributed by atoms with Crippen molar-refractivity contribution in [3.8, 4) is 5.75 Å². The number of benzene rings is 2. The van der Waals surface area contributed by atoms with Gasteiger partial charge >= 0.3 is 0 Å². The number of carbonyl (C=O) groups is 3. The summed E-state index contributed by atoms with van der Waals surface area (Å²) in [7, 11) is -3.16. The Morgan fingerprint density at radius 3 is 2.17 bits per heavy atom. The summed E-state index contributed by atoms with van der Waals surface area (Å²) in [5.74, 6) is -1.70. The highest BCUT2D eigenvalue weighted by molar-refractivity contribution is 7.91. The molecule has 150 valence electrons. The Morgan fingerprint density at radius 2 is 1.59 bits per heavy atom. The lowest BCUT2D eigenvalue weighted by molar-refractivity contribution is 0.0725. The van der Waals surface area contributed by atoms with Gasteiger partial charge in [0.15, 0.2) is 11.6 Å². The molecule has 1 amide bonds. The number of hydrogen-bond acceptors (Lipinski definition) is 6. The number of amides is 1. The lowest BCUT2D eigenvalue weighted by Gasteiger charge is -2.31. The molecule has 8 heteroatoms. The molecule has 1 aliphatic carbocycles. The van der Waals surface area contributed by atoms with E-state index in [1.165, 1.54) is 29.4 Å². The van der Waals surface area contributed by atoms with Crippen molar-refractivity contribution in [1.82, 2.24) is 4.90 Å². The van der Waals surface area contributed by atoms with E-state index in [0.29, 0.717) is 12.8 Å². The van der Waals surface area contributed by atoms with Crippen LogP contribution in [0, 0.1) is 0 Å². The van der Waals surface area contributed by atoms with Gasteiger partial charge in [0.25, 0.3) is 5.91 Å². The van der Waals surface area contributed by atoms with Gasteiger partial charge in [-0.3, -0.25) is 14.4 Å². The first-order chi connectivity index (χ1) is 13.7. The van der Waals surface area contributed by atoms with Crippen LogP contribution in [-0.2, 0) is 9.84 Å². The zero-order valence-corrected chi connectivity index (χ0v) is 16.5. The Kier molecular flexibility index (Phi) is 4.53. The molecule has 0 aromatic heterocycles. The van der Waals surface area contributed by atoms with Crippen LogP contribution in [0.1, 0.15) is 55.0 Å². The Balaban J connectivity index is 1.66. The van der Waals surface area contributed by atoms with E-state index < -0.39 is 38.3 Å². The van der Waals surface area contributed by atoms with Crippen LogP contribution in [0.4, 0.5) is 0 Å². The summed E-state index contributed by atoms with van der Waals surface area (Å²) < 4.78 is 23.4. The molecule has 0 radical (unpaired) electrons. The zero-order valence-electron chi connectivity index (χ0n) is 15.7. The standard InChI is InChI=1S/C21H19NO6S/c1-29(27,28)13-6-8-22(9-7-13)21(26)12-10-16-18(17(23)11-12)20(25)15-5-3-2-4-14(15)19(16)24/h2-5,10-11,13,23H,6-9H2,1H3. The Morgan fingerprint density at radius 1 is 1.00 bits per heavy atom. The SMILES string of the molecule is CS(=O)(=O)C1CCN(C(=O)c2cc(O)c3c(c2)C(=O)c2ccccc2C3=O)CC1. The fourth-order valence-corrected chi connectivity index (χ4v) is 5.06. The highest BCUT2D eigenvalue weighted by atomic mass is 32.2. The number of sulfone groups is 1. The summed E-state index contributed by atoms with van der Waals surface area (Å²) in [5, 5.41) is 9.95. The van der Waals surface area contributed by atoms with Gasteiger partial charge < -0.3 is 10.0 Å².